The Bertz CT molecular complexity index is 757. The van der Waals surface area contributed by atoms with E-state index < -0.39 is 0 Å². The molecule has 7 heteroatoms. The van der Waals surface area contributed by atoms with Crippen LogP contribution in [-0.2, 0) is 6.54 Å². The summed E-state index contributed by atoms with van der Waals surface area (Å²) in [4.78, 5) is 13.0. The first-order valence-electron chi connectivity index (χ1n) is 6.65. The van der Waals surface area contributed by atoms with Crippen molar-refractivity contribution in [3.05, 3.63) is 30.2 Å². The number of anilines is 1. The van der Waals surface area contributed by atoms with Crippen molar-refractivity contribution in [1.82, 2.24) is 24.7 Å². The van der Waals surface area contributed by atoms with Crippen LogP contribution in [0.4, 0.5) is 5.82 Å². The molecule has 4 rings (SSSR count). The molecule has 3 heterocycles. The molecule has 0 aromatic carbocycles. The van der Waals surface area contributed by atoms with Crippen molar-refractivity contribution < 1.29 is 4.52 Å². The van der Waals surface area contributed by atoms with Crippen LogP contribution >= 0.6 is 0 Å². The van der Waals surface area contributed by atoms with Gasteiger partial charge in [0.15, 0.2) is 11.5 Å². The Balaban J connectivity index is 1.62. The monoisotopic (exact) mass is 270 g/mol. The van der Waals surface area contributed by atoms with Gasteiger partial charge in [0.2, 0.25) is 0 Å². The summed E-state index contributed by atoms with van der Waals surface area (Å²) < 4.78 is 7.17. The fourth-order valence-electron chi connectivity index (χ4n) is 2.28. The molecular weight excluding hydrogens is 256 g/mol. The molecule has 0 spiro atoms. The molecule has 1 N–H and O–H groups in total. The minimum atomic E-state index is 0.555. The topological polar surface area (TPSA) is 81.7 Å². The number of rotatable bonds is 4. The highest BCUT2D eigenvalue weighted by Gasteiger charge is 2.26. The molecule has 1 saturated carbocycles. The van der Waals surface area contributed by atoms with Gasteiger partial charge in [-0.2, -0.15) is 0 Å². The Morgan fingerprint density at radius 1 is 1.35 bits per heavy atom. The maximum absolute atomic E-state index is 5.04. The number of aromatic nitrogens is 5. The van der Waals surface area contributed by atoms with E-state index in [4.69, 9.17) is 4.52 Å². The highest BCUT2D eigenvalue weighted by Crippen LogP contribution is 2.37. The number of nitrogens with zero attached hydrogens (tertiary/aromatic N) is 5. The molecule has 0 radical (unpaired) electrons. The predicted molar refractivity (Wildman–Crippen MR) is 72.2 cm³/mol. The third-order valence-corrected chi connectivity index (χ3v) is 3.41. The summed E-state index contributed by atoms with van der Waals surface area (Å²) in [5, 5.41) is 7.19. The molecule has 0 atom stereocenters. The van der Waals surface area contributed by atoms with Crippen LogP contribution in [-0.4, -0.2) is 24.7 Å². The lowest BCUT2D eigenvalue weighted by atomic mass is 10.3. The van der Waals surface area contributed by atoms with Gasteiger partial charge in [-0.05, 0) is 19.8 Å². The summed E-state index contributed by atoms with van der Waals surface area (Å²) >= 11 is 0. The highest BCUT2D eigenvalue weighted by molar-refractivity contribution is 5.82. The Hall–Kier alpha value is -2.44. The highest BCUT2D eigenvalue weighted by atomic mass is 16.5. The number of fused-ring (bicyclic) bond motifs is 1. The summed E-state index contributed by atoms with van der Waals surface area (Å²) in [5.74, 6) is 1.53. The van der Waals surface area contributed by atoms with Crippen molar-refractivity contribution >= 4 is 17.0 Å². The van der Waals surface area contributed by atoms with Crippen LogP contribution in [0.2, 0.25) is 0 Å². The van der Waals surface area contributed by atoms with Gasteiger partial charge in [0.25, 0.3) is 0 Å². The average molecular weight is 270 g/mol. The van der Waals surface area contributed by atoms with Crippen molar-refractivity contribution in [2.45, 2.75) is 32.4 Å². The SMILES string of the molecule is Cc1cc(CNc2ncnc3c2ncn3C2CC2)no1. The maximum Gasteiger partial charge on any atom is 0.165 e. The Morgan fingerprint density at radius 3 is 3.00 bits per heavy atom. The van der Waals surface area contributed by atoms with Gasteiger partial charge in [-0.15, -0.1) is 0 Å². The van der Waals surface area contributed by atoms with E-state index >= 15 is 0 Å². The second-order valence-electron chi connectivity index (χ2n) is 5.06. The van der Waals surface area contributed by atoms with Gasteiger partial charge in [-0.25, -0.2) is 15.0 Å². The van der Waals surface area contributed by atoms with Crippen molar-refractivity contribution in [2.75, 3.05) is 5.32 Å². The molecule has 1 aliphatic rings. The van der Waals surface area contributed by atoms with E-state index in [0.717, 1.165) is 28.4 Å². The van der Waals surface area contributed by atoms with E-state index in [2.05, 4.69) is 30.0 Å². The quantitative estimate of drug-likeness (QED) is 0.781. The molecular formula is C13H14N6O. The fraction of sp³-hybridized carbons (Fsp3) is 0.385. The number of imidazole rings is 1. The Labute approximate surface area is 115 Å². The molecule has 1 fully saturated rings. The van der Waals surface area contributed by atoms with E-state index in [1.54, 1.807) is 6.33 Å². The van der Waals surface area contributed by atoms with E-state index in [1.807, 2.05) is 19.3 Å². The Morgan fingerprint density at radius 2 is 2.25 bits per heavy atom. The van der Waals surface area contributed by atoms with E-state index in [1.165, 1.54) is 12.8 Å². The first-order valence-corrected chi connectivity index (χ1v) is 6.65. The molecule has 0 saturated heterocycles. The molecule has 0 bridgehead atoms. The lowest BCUT2D eigenvalue weighted by Gasteiger charge is -2.04. The minimum Gasteiger partial charge on any atom is -0.362 e. The van der Waals surface area contributed by atoms with Gasteiger partial charge >= 0.3 is 0 Å². The van der Waals surface area contributed by atoms with Gasteiger partial charge in [-0.1, -0.05) is 5.16 Å². The minimum absolute atomic E-state index is 0.555. The van der Waals surface area contributed by atoms with E-state index in [9.17, 15) is 0 Å². The zero-order valence-corrected chi connectivity index (χ0v) is 11.1. The average Bonchev–Trinajstić information content (AvgIpc) is 3.06. The van der Waals surface area contributed by atoms with Gasteiger partial charge in [0.1, 0.15) is 23.3 Å². The van der Waals surface area contributed by atoms with Crippen LogP contribution in [0.25, 0.3) is 11.2 Å². The van der Waals surface area contributed by atoms with Crippen LogP contribution in [0, 0.1) is 6.92 Å². The lowest BCUT2D eigenvalue weighted by Crippen LogP contribution is -2.03. The van der Waals surface area contributed by atoms with Crippen LogP contribution in [0.5, 0.6) is 0 Å². The molecule has 0 aliphatic heterocycles. The largest absolute Gasteiger partial charge is 0.362 e. The van der Waals surface area contributed by atoms with E-state index in [0.29, 0.717) is 12.6 Å². The van der Waals surface area contributed by atoms with Crippen LogP contribution < -0.4 is 5.32 Å². The molecule has 3 aromatic rings. The van der Waals surface area contributed by atoms with Gasteiger partial charge in [0, 0.05) is 12.1 Å². The van der Waals surface area contributed by atoms with Gasteiger partial charge in [0.05, 0.1) is 12.9 Å². The first kappa shape index (κ1) is 11.4. The van der Waals surface area contributed by atoms with Gasteiger partial charge < -0.3 is 14.4 Å². The summed E-state index contributed by atoms with van der Waals surface area (Å²) in [5.41, 5.74) is 2.54. The number of hydrogen-bond donors (Lipinski definition) is 1. The Kier molecular flexibility index (Phi) is 2.45. The summed E-state index contributed by atoms with van der Waals surface area (Å²) in [6.45, 7) is 2.43. The van der Waals surface area contributed by atoms with Crippen molar-refractivity contribution in [2.24, 2.45) is 0 Å². The van der Waals surface area contributed by atoms with Crippen molar-refractivity contribution in [1.29, 1.82) is 0 Å². The third kappa shape index (κ3) is 1.91. The molecule has 0 amide bonds. The second kappa shape index (κ2) is 4.29. The fourth-order valence-corrected chi connectivity index (χ4v) is 2.28. The standard InChI is InChI=1S/C13H14N6O/c1-8-4-9(18-20-8)5-14-12-11-13(16-6-15-12)19(7-17-11)10-2-3-10/h4,6-7,10H,2-3,5H2,1H3,(H,14,15,16). The predicted octanol–water partition coefficient (Wildman–Crippen LogP) is 2.07. The molecule has 7 nitrogen and oxygen atoms in total. The van der Waals surface area contributed by atoms with Crippen molar-refractivity contribution in [3.8, 4) is 0 Å². The van der Waals surface area contributed by atoms with Crippen LogP contribution in [0.3, 0.4) is 0 Å². The van der Waals surface area contributed by atoms with Crippen molar-refractivity contribution in [3.63, 3.8) is 0 Å². The van der Waals surface area contributed by atoms with Crippen LogP contribution in [0.1, 0.15) is 30.3 Å². The number of hydrogen-bond acceptors (Lipinski definition) is 6. The zero-order chi connectivity index (χ0) is 13.5. The summed E-state index contributed by atoms with van der Waals surface area (Å²) in [7, 11) is 0. The number of nitrogens with one attached hydrogen (secondary N) is 1. The molecule has 0 unspecified atom stereocenters. The summed E-state index contributed by atoms with van der Waals surface area (Å²) in [6.07, 6.45) is 5.83. The molecule has 1 aliphatic carbocycles. The second-order valence-corrected chi connectivity index (χ2v) is 5.06. The number of aryl methyl sites for hydroxylation is 1. The van der Waals surface area contributed by atoms with E-state index in [-0.39, 0.29) is 0 Å². The van der Waals surface area contributed by atoms with Gasteiger partial charge in [-0.3, -0.25) is 0 Å². The first-order chi connectivity index (χ1) is 9.81. The molecule has 102 valence electrons. The lowest BCUT2D eigenvalue weighted by molar-refractivity contribution is 0.391. The normalized spacial score (nSPS) is 14.8. The molecule has 20 heavy (non-hydrogen) atoms. The molecule has 3 aromatic heterocycles. The summed E-state index contributed by atoms with van der Waals surface area (Å²) in [6, 6.07) is 2.45. The van der Waals surface area contributed by atoms with Crippen LogP contribution in [0.15, 0.2) is 23.2 Å². The smallest absolute Gasteiger partial charge is 0.165 e. The third-order valence-electron chi connectivity index (χ3n) is 3.41. The zero-order valence-electron chi connectivity index (χ0n) is 11.1. The maximum atomic E-state index is 5.04.